The van der Waals surface area contributed by atoms with Crippen LogP contribution in [0, 0.1) is 31.1 Å². The molecule has 0 saturated heterocycles. The molecule has 2 nitrogen and oxygen atoms in total. The number of nitrogens with zero attached hydrogens (tertiary/aromatic N) is 1. The van der Waals surface area contributed by atoms with Gasteiger partial charge in [-0.2, -0.15) is 127 Å². The molecule has 1 spiro atoms. The fourth-order valence-corrected chi connectivity index (χ4v) is 15.6. The summed E-state index contributed by atoms with van der Waals surface area (Å²) in [6.45, 7) is 0.683. The monoisotopic (exact) mass is 1630 g/mol. The van der Waals surface area contributed by atoms with Crippen LogP contribution in [0.15, 0.2) is 192 Å². The van der Waals surface area contributed by atoms with Crippen molar-refractivity contribution in [1.82, 2.24) is 0 Å². The van der Waals surface area contributed by atoms with Gasteiger partial charge in [0, 0.05) is 31.1 Å². The summed E-state index contributed by atoms with van der Waals surface area (Å²) in [6, 6.07) is 24.3. The van der Waals surface area contributed by atoms with Crippen LogP contribution >= 0.6 is 7.92 Å². The van der Waals surface area contributed by atoms with Crippen LogP contribution in [0.1, 0.15) is 101 Å². The SMILES string of the molecule is C1=C(C2=N[C@@H](Cc3ccccc3)CO2)[C@]2(CC1)CCC=C2P(c1ccccc1)c1ccccc1.FC(F)(F)c1cc([B-](c2cc(C(F)(F)F)cc(C(F)(F)F)c2)(c2cc(C(F)(F)F)cc(C(F)(F)F)c2)c2cc(C(F)(F)F)cc(C(F)(F)F)c2)cc(C(F)(F)F)c1.[CH]1[CH]CC[CH][CH]CC1.[Ir]. The molecular weight excluding hydrogens is 1570 g/mol. The number of halogens is 24. The Morgan fingerprint density at radius 3 is 0.940 bits per heavy atom. The summed E-state index contributed by atoms with van der Waals surface area (Å²) in [6.07, 6.45) is -30.3. The van der Waals surface area contributed by atoms with Crippen LogP contribution in [0.2, 0.25) is 0 Å². The minimum absolute atomic E-state index is 0. The number of hydrogen-bond donors (Lipinski definition) is 0. The van der Waals surface area contributed by atoms with Gasteiger partial charge in [0.1, 0.15) is 12.8 Å². The molecule has 1 heterocycles. The first-order valence-corrected chi connectivity index (χ1v) is 31.7. The van der Waals surface area contributed by atoms with Gasteiger partial charge in [0.15, 0.2) is 0 Å². The minimum atomic E-state index is -6.13. The average Bonchev–Trinajstić information content (AvgIpc) is 0.808. The number of hydrogen-bond acceptors (Lipinski definition) is 2. The zero-order chi connectivity index (χ0) is 72.4. The fraction of sp³-hybridized carbons (Fsp3) is 0.282. The Morgan fingerprint density at radius 1 is 0.370 bits per heavy atom. The molecule has 1 fully saturated rings. The standard InChI is InChI=1S/C32H12BF24.C31H30NOP.C8H12.Ir/c34-25(35,36)13-1-14(26(37,38)39)6-21(5-13)33(22-7-15(27(40,41)42)2-16(8-22)28(43,44)45,23-9-17(29(46,47)48)3-18(10-23)30(49,50)51)24-11-19(31(52,53)54)4-20(12-24)32(55,56)57;1-4-12-24(13-5-1)22-25-23-33-30(32-25)28-18-10-20-31(28)21-11-19-29(31)34(26-14-6-2-7-15-26)27-16-8-3-9-17-27;1-2-4-6-8-7-5-3-1;/h1-12H;1-9,12-19,25H,10-11,20-23H2;1-2,7-8H,3-6H2;/q-1;;;/t;25-,31-;;/m.0../s1. The Labute approximate surface area is 573 Å². The van der Waals surface area contributed by atoms with Crippen LogP contribution in [0.25, 0.3) is 0 Å². The van der Waals surface area contributed by atoms with Crippen molar-refractivity contribution in [2.75, 3.05) is 6.61 Å². The molecule has 3 aliphatic carbocycles. The number of rotatable bonds is 10. The summed E-state index contributed by atoms with van der Waals surface area (Å²) >= 11 is 0. The molecule has 4 aliphatic rings. The second kappa shape index (κ2) is 30.5. The van der Waals surface area contributed by atoms with E-state index in [4.69, 9.17) is 9.73 Å². The quantitative estimate of drug-likeness (QED) is 0.0760. The molecule has 1 aliphatic heterocycles. The Bertz CT molecular complexity index is 3540. The van der Waals surface area contributed by atoms with E-state index in [2.05, 4.69) is 129 Å². The Hall–Kier alpha value is -7.05. The summed E-state index contributed by atoms with van der Waals surface area (Å²) < 4.78 is 347. The molecule has 100 heavy (non-hydrogen) atoms. The normalized spacial score (nSPS) is 18.1. The molecule has 0 aromatic heterocycles. The van der Waals surface area contributed by atoms with Gasteiger partial charge in [-0.25, -0.2) is 4.99 Å². The third kappa shape index (κ3) is 18.4. The Morgan fingerprint density at radius 2 is 0.650 bits per heavy atom. The third-order valence-corrected chi connectivity index (χ3v) is 19.9. The molecule has 29 heteroatoms. The summed E-state index contributed by atoms with van der Waals surface area (Å²) in [4.78, 5) is 5.13. The van der Waals surface area contributed by atoms with Gasteiger partial charge in [-0.05, 0) is 137 Å². The van der Waals surface area contributed by atoms with Crippen molar-refractivity contribution in [1.29, 1.82) is 0 Å². The van der Waals surface area contributed by atoms with Crippen LogP contribution in [-0.4, -0.2) is 24.7 Å². The summed E-state index contributed by atoms with van der Waals surface area (Å²) in [5.74, 6) is 0.905. The van der Waals surface area contributed by atoms with Crippen molar-refractivity contribution >= 4 is 52.4 Å². The van der Waals surface area contributed by atoms with Gasteiger partial charge in [0.2, 0.25) is 5.90 Å². The van der Waals surface area contributed by atoms with E-state index >= 15 is 0 Å². The van der Waals surface area contributed by atoms with E-state index in [1.54, 1.807) is 5.31 Å². The van der Waals surface area contributed by atoms with Crippen molar-refractivity contribution in [2.45, 2.75) is 113 Å². The molecule has 11 rings (SSSR count). The van der Waals surface area contributed by atoms with E-state index in [1.807, 2.05) is 0 Å². The number of alkyl halides is 24. The van der Waals surface area contributed by atoms with E-state index in [1.165, 1.54) is 60.3 Å². The van der Waals surface area contributed by atoms with Crippen molar-refractivity contribution in [2.24, 2.45) is 10.4 Å². The third-order valence-electron chi connectivity index (χ3n) is 17.1. The van der Waals surface area contributed by atoms with Crippen molar-refractivity contribution < 1.29 is 130 Å². The van der Waals surface area contributed by atoms with Crippen molar-refractivity contribution in [3.8, 4) is 0 Å². The largest absolute Gasteiger partial charge is 0.475 e. The van der Waals surface area contributed by atoms with Crippen LogP contribution < -0.4 is 32.5 Å². The number of allylic oxidation sites excluding steroid dienone is 3. The van der Waals surface area contributed by atoms with E-state index in [0.29, 0.717) is 6.61 Å². The van der Waals surface area contributed by atoms with Gasteiger partial charge >= 0.3 is 49.4 Å². The second-order valence-electron chi connectivity index (χ2n) is 23.8. The zero-order valence-corrected chi connectivity index (χ0v) is 54.8. The minimum Gasteiger partial charge on any atom is -0.475 e. The predicted octanol–water partition coefficient (Wildman–Crippen LogP) is 20.1. The summed E-state index contributed by atoms with van der Waals surface area (Å²) in [7, 11) is -0.594. The molecule has 0 bridgehead atoms. The molecule has 535 valence electrons. The predicted molar refractivity (Wildman–Crippen MR) is 329 cm³/mol. The number of ether oxygens (including phenoxy) is 1. The van der Waals surface area contributed by atoms with Gasteiger partial charge in [0.25, 0.3) is 0 Å². The Balaban J connectivity index is 0.000000246. The topological polar surface area (TPSA) is 21.6 Å². The molecule has 2 atom stereocenters. The maximum atomic E-state index is 14.2. The van der Waals surface area contributed by atoms with Gasteiger partial charge in [-0.15, -0.1) is 0 Å². The first-order chi connectivity index (χ1) is 46.1. The summed E-state index contributed by atoms with van der Waals surface area (Å²) in [5.41, 5.74) is -27.5. The van der Waals surface area contributed by atoms with Gasteiger partial charge in [0.05, 0.1) is 50.5 Å². The van der Waals surface area contributed by atoms with Crippen LogP contribution in [0.5, 0.6) is 0 Å². The number of aliphatic imine (C=N–C) groups is 1. The van der Waals surface area contributed by atoms with Crippen LogP contribution in [0.4, 0.5) is 105 Å². The fourth-order valence-electron chi connectivity index (χ4n) is 12.8. The van der Waals surface area contributed by atoms with Gasteiger partial charge in [-0.1, -0.05) is 152 Å². The zero-order valence-electron chi connectivity index (χ0n) is 51.5. The van der Waals surface area contributed by atoms with Gasteiger partial charge in [-0.3, -0.25) is 0 Å². The second-order valence-corrected chi connectivity index (χ2v) is 26.0. The maximum Gasteiger partial charge on any atom is 0.416 e. The van der Waals surface area contributed by atoms with Crippen molar-refractivity contribution in [3.05, 3.63) is 263 Å². The molecule has 5 radical (unpaired) electrons. The molecule has 0 N–H and O–H groups in total. The van der Waals surface area contributed by atoms with Gasteiger partial charge < -0.3 is 4.74 Å². The summed E-state index contributed by atoms with van der Waals surface area (Å²) in [5, 5.41) is 4.46. The van der Waals surface area contributed by atoms with E-state index in [0.717, 1.165) is 25.2 Å². The molecule has 1 saturated carbocycles. The molecular formula is C71H54BF24IrNOP-. The van der Waals surface area contributed by atoms with Crippen LogP contribution in [0.3, 0.4) is 0 Å². The number of benzene rings is 7. The molecule has 0 unspecified atom stereocenters. The van der Waals surface area contributed by atoms with E-state index in [9.17, 15) is 105 Å². The van der Waals surface area contributed by atoms with Crippen LogP contribution in [-0.2, 0) is 80.7 Å². The molecule has 7 aromatic rings. The smallest absolute Gasteiger partial charge is 0.416 e. The Kier molecular flexibility index (Phi) is 24.0. The first kappa shape index (κ1) is 78.7. The average molecular weight is 1630 g/mol. The van der Waals surface area contributed by atoms with E-state index in [-0.39, 0.29) is 31.6 Å². The van der Waals surface area contributed by atoms with E-state index < -0.39 is 203 Å². The molecule has 0 amide bonds. The first-order valence-electron chi connectivity index (χ1n) is 30.3. The maximum absolute atomic E-state index is 14.2. The van der Waals surface area contributed by atoms with Crippen molar-refractivity contribution in [3.63, 3.8) is 0 Å². The molecule has 7 aromatic carbocycles.